The maximum Gasteiger partial charge on any atom is 0.315 e. The van der Waals surface area contributed by atoms with Crippen LogP contribution in [0.4, 0.5) is 4.79 Å². The van der Waals surface area contributed by atoms with E-state index in [1.165, 1.54) is 16.3 Å². The molecule has 0 aromatic heterocycles. The van der Waals surface area contributed by atoms with E-state index in [-0.39, 0.29) is 43.4 Å². The lowest BCUT2D eigenvalue weighted by Gasteiger charge is -2.42. The molecule has 1 heterocycles. The minimum atomic E-state index is -3.50. The second-order valence-corrected chi connectivity index (χ2v) is 17.9. The molecule has 5 amide bonds. The molecule has 1 aliphatic heterocycles. The van der Waals surface area contributed by atoms with Gasteiger partial charge in [-0.1, -0.05) is 80.6 Å². The van der Waals surface area contributed by atoms with Gasteiger partial charge in [0.25, 0.3) is 11.8 Å². The Hall–Kier alpha value is -3.00. The number of hydrogen-bond donors (Lipinski definition) is 4. The number of likely N-dealkylation sites (N-methyl/N-ethyl adjacent to an activating group) is 2. The van der Waals surface area contributed by atoms with Crippen LogP contribution in [0.3, 0.4) is 0 Å². The van der Waals surface area contributed by atoms with E-state index in [1.54, 1.807) is 13.8 Å². The Labute approximate surface area is 300 Å². The van der Waals surface area contributed by atoms with E-state index in [4.69, 9.17) is 0 Å². The maximum absolute atomic E-state index is 14.7. The third-order valence-electron chi connectivity index (χ3n) is 10.2. The van der Waals surface area contributed by atoms with Gasteiger partial charge in [0, 0.05) is 32.7 Å². The zero-order valence-electron chi connectivity index (χ0n) is 32.2. The summed E-state index contributed by atoms with van der Waals surface area (Å²) in [6.07, 6.45) is 6.28. The van der Waals surface area contributed by atoms with E-state index in [0.29, 0.717) is 25.7 Å². The number of unbranched alkanes of at least 4 members (excludes halogenated alkanes) is 1. The van der Waals surface area contributed by atoms with Crippen molar-refractivity contribution in [2.45, 2.75) is 138 Å². The molecule has 0 aromatic carbocycles. The first-order chi connectivity index (χ1) is 23.2. The van der Waals surface area contributed by atoms with Gasteiger partial charge in [-0.05, 0) is 61.9 Å². The fraction of sp³-hybridized carbons (Fsp3) is 0.806. The van der Waals surface area contributed by atoms with Gasteiger partial charge in [0.2, 0.25) is 21.7 Å². The highest BCUT2D eigenvalue weighted by atomic mass is 32.2. The van der Waals surface area contributed by atoms with Crippen LogP contribution in [0.25, 0.3) is 0 Å². The summed E-state index contributed by atoms with van der Waals surface area (Å²) >= 11 is 0. The van der Waals surface area contributed by atoms with Crippen LogP contribution < -0.4 is 21.3 Å². The minimum Gasteiger partial charge on any atom is -0.350 e. The van der Waals surface area contributed by atoms with Crippen LogP contribution in [0.15, 0.2) is 11.3 Å². The number of sulfonamides is 1. The normalized spacial score (nSPS) is 18.4. The molecule has 13 nitrogen and oxygen atoms in total. The molecule has 0 aromatic rings. The molecule has 2 rings (SSSR count). The van der Waals surface area contributed by atoms with Crippen LogP contribution in [0.2, 0.25) is 0 Å². The lowest BCUT2D eigenvalue weighted by atomic mass is 9.70. The van der Waals surface area contributed by atoms with E-state index >= 15 is 0 Å². The van der Waals surface area contributed by atoms with Crippen molar-refractivity contribution in [1.29, 1.82) is 0 Å². The summed E-state index contributed by atoms with van der Waals surface area (Å²) in [7, 11) is -2.02. The van der Waals surface area contributed by atoms with Gasteiger partial charge in [0.1, 0.15) is 11.7 Å². The zero-order chi connectivity index (χ0) is 38.0. The van der Waals surface area contributed by atoms with Gasteiger partial charge < -0.3 is 26.2 Å². The second kappa shape index (κ2) is 18.5. The standard InChI is InChI=1S/C36H64N6O7S/c1-11-14-18-26(29(43)32(45)37-12-2)38-31(44)28-25(24(4)5)19-22-42(28)33(46)30(36(9)20-16-15-17-21-36)40-34(47)39-27(35(6,7)8)23-41(10)50(48,49)13-3/h24,26-27,30H,11-23H2,1-10H3,(H,37,45)(H,38,44)(H2,39,40,47)/t26?,27-,30-/m1/s1. The largest absolute Gasteiger partial charge is 0.350 e. The van der Waals surface area contributed by atoms with Crippen molar-refractivity contribution < 1.29 is 32.4 Å². The predicted molar refractivity (Wildman–Crippen MR) is 195 cm³/mol. The third kappa shape index (κ3) is 11.2. The summed E-state index contributed by atoms with van der Waals surface area (Å²) in [5.74, 6) is -2.65. The number of amides is 5. The van der Waals surface area contributed by atoms with Crippen LogP contribution in [-0.4, -0.2) is 97.7 Å². The first-order valence-corrected chi connectivity index (χ1v) is 20.0. The topological polar surface area (TPSA) is 174 Å². The van der Waals surface area contributed by atoms with E-state index in [9.17, 15) is 32.4 Å². The number of hydrogen-bond acceptors (Lipinski definition) is 7. The Bertz CT molecular complexity index is 1360. The Morgan fingerprint density at radius 1 is 0.960 bits per heavy atom. The molecule has 3 atom stereocenters. The lowest BCUT2D eigenvalue weighted by Crippen LogP contribution is -2.61. The van der Waals surface area contributed by atoms with Crippen molar-refractivity contribution in [1.82, 2.24) is 30.5 Å². The molecule has 4 N–H and O–H groups in total. The summed E-state index contributed by atoms with van der Waals surface area (Å²) in [5, 5.41) is 11.3. The molecule has 0 spiro atoms. The number of rotatable bonds is 17. The quantitative estimate of drug-likeness (QED) is 0.165. The van der Waals surface area contributed by atoms with E-state index in [0.717, 1.165) is 31.3 Å². The van der Waals surface area contributed by atoms with Gasteiger partial charge in [-0.25, -0.2) is 17.5 Å². The lowest BCUT2D eigenvalue weighted by molar-refractivity contribution is -0.140. The smallest absolute Gasteiger partial charge is 0.315 e. The van der Waals surface area contributed by atoms with Crippen LogP contribution in [-0.2, 0) is 29.2 Å². The highest BCUT2D eigenvalue weighted by Gasteiger charge is 2.46. The van der Waals surface area contributed by atoms with E-state index in [2.05, 4.69) is 21.3 Å². The summed E-state index contributed by atoms with van der Waals surface area (Å²) in [6, 6.07) is -3.20. The first-order valence-electron chi connectivity index (χ1n) is 18.4. The molecule has 1 aliphatic carbocycles. The van der Waals surface area contributed by atoms with Crippen molar-refractivity contribution in [2.75, 3.05) is 32.4 Å². The number of nitrogens with one attached hydrogen (secondary N) is 4. The molecular weight excluding hydrogens is 660 g/mol. The average molecular weight is 725 g/mol. The van der Waals surface area contributed by atoms with E-state index < -0.39 is 68.5 Å². The van der Waals surface area contributed by atoms with Gasteiger partial charge >= 0.3 is 6.03 Å². The summed E-state index contributed by atoms with van der Waals surface area (Å²) in [6.45, 7) is 17.4. The van der Waals surface area contributed by atoms with Gasteiger partial charge in [0.05, 0.1) is 11.8 Å². The van der Waals surface area contributed by atoms with Gasteiger partial charge in [-0.2, -0.15) is 0 Å². The number of nitrogens with zero attached hydrogens (tertiary/aromatic N) is 2. The fourth-order valence-corrected chi connectivity index (χ4v) is 7.61. The third-order valence-corrected chi connectivity index (χ3v) is 12.1. The summed E-state index contributed by atoms with van der Waals surface area (Å²) in [4.78, 5) is 69.7. The second-order valence-electron chi connectivity index (χ2n) is 15.5. The average Bonchev–Trinajstić information content (AvgIpc) is 3.50. The Morgan fingerprint density at radius 2 is 1.58 bits per heavy atom. The summed E-state index contributed by atoms with van der Waals surface area (Å²) < 4.78 is 26.4. The molecule has 1 fully saturated rings. The van der Waals surface area contributed by atoms with E-state index in [1.807, 2.05) is 48.5 Å². The van der Waals surface area contributed by atoms with Gasteiger partial charge in [-0.3, -0.25) is 19.2 Å². The Kier molecular flexibility index (Phi) is 16.0. The Morgan fingerprint density at radius 3 is 2.10 bits per heavy atom. The van der Waals surface area contributed by atoms with Crippen molar-refractivity contribution >= 4 is 39.6 Å². The molecule has 1 saturated carbocycles. The number of ketones is 1. The van der Waals surface area contributed by atoms with Crippen LogP contribution in [0, 0.1) is 16.7 Å². The predicted octanol–water partition coefficient (Wildman–Crippen LogP) is 3.84. The highest BCUT2D eigenvalue weighted by molar-refractivity contribution is 7.89. The number of urea groups is 1. The van der Waals surface area contributed by atoms with Crippen molar-refractivity contribution in [3.05, 3.63) is 11.3 Å². The zero-order valence-corrected chi connectivity index (χ0v) is 33.0. The molecular formula is C36H64N6O7S. The molecule has 0 radical (unpaired) electrons. The van der Waals surface area contributed by atoms with Crippen LogP contribution >= 0.6 is 0 Å². The highest BCUT2D eigenvalue weighted by Crippen LogP contribution is 2.41. The number of carbonyl (C=O) groups is 5. The monoisotopic (exact) mass is 724 g/mol. The number of carbonyl (C=O) groups excluding carboxylic acids is 5. The molecule has 1 unspecified atom stereocenters. The van der Waals surface area contributed by atoms with Crippen molar-refractivity contribution in [3.63, 3.8) is 0 Å². The van der Waals surface area contributed by atoms with Crippen LogP contribution in [0.1, 0.15) is 120 Å². The summed E-state index contributed by atoms with van der Waals surface area (Å²) in [5.41, 5.74) is -0.189. The fourth-order valence-electron chi connectivity index (χ4n) is 6.79. The molecule has 0 bridgehead atoms. The van der Waals surface area contributed by atoms with Gasteiger partial charge in [0.15, 0.2) is 0 Å². The molecule has 14 heteroatoms. The minimum absolute atomic E-state index is 0.0497. The Balaban J connectivity index is 2.49. The molecule has 0 saturated heterocycles. The maximum atomic E-state index is 14.7. The van der Waals surface area contributed by atoms with Crippen LogP contribution in [0.5, 0.6) is 0 Å². The molecule has 2 aliphatic rings. The van der Waals surface area contributed by atoms with Crippen molar-refractivity contribution in [3.8, 4) is 0 Å². The number of Topliss-reactive ketones (excluding diaryl/α,β-unsaturated/α-hetero) is 1. The van der Waals surface area contributed by atoms with Gasteiger partial charge in [-0.15, -0.1) is 0 Å². The first kappa shape index (κ1) is 43.2. The molecule has 50 heavy (non-hydrogen) atoms. The van der Waals surface area contributed by atoms with Crippen molar-refractivity contribution in [2.24, 2.45) is 16.7 Å². The molecule has 286 valence electrons. The SMILES string of the molecule is CCCCC(NC(=O)C1=C(C(C)C)CCN1C(=O)[C@@H](NC(=O)N[C@H](CN(C)S(=O)(=O)CC)C(C)(C)C)C1(C)CCCCC1)C(=O)C(=O)NCC.